The summed E-state index contributed by atoms with van der Waals surface area (Å²) in [5.74, 6) is -1.67. The minimum atomic E-state index is -5.27. The molecule has 12 rings (SSSR count). The van der Waals surface area contributed by atoms with Crippen LogP contribution in [0.15, 0.2) is 127 Å². The monoisotopic (exact) mass is 1430 g/mol. The number of esters is 4. The van der Waals surface area contributed by atoms with Gasteiger partial charge in [-0.25, -0.2) is 8.42 Å². The van der Waals surface area contributed by atoms with E-state index in [1.165, 1.54) is 61.9 Å². The van der Waals surface area contributed by atoms with Gasteiger partial charge in [-0.15, -0.1) is 0 Å². The molecule has 18 heteroatoms. The Morgan fingerprint density at radius 1 is 0.560 bits per heavy atom. The number of aromatic hydroxyl groups is 2. The largest absolute Gasteiger partial charge is 0.748 e. The maximum Gasteiger partial charge on any atom is 0.426 e. The molecule has 1 aromatic heterocycles. The zero-order chi connectivity index (χ0) is 74.3. The number of hydrogen-bond acceptors (Lipinski definition) is 13. The second-order valence-electron chi connectivity index (χ2n) is 31.2. The molecule has 6 aromatic rings. The summed E-state index contributed by atoms with van der Waals surface area (Å²) in [6.07, 6.45) is 7.66. The van der Waals surface area contributed by atoms with Gasteiger partial charge in [-0.2, -0.15) is 13.2 Å². The lowest BCUT2D eigenvalue weighted by Gasteiger charge is -2.60. The first-order valence-corrected chi connectivity index (χ1v) is 39.0. The molecule has 5 aromatic carbocycles. The summed E-state index contributed by atoms with van der Waals surface area (Å²) >= 11 is 0. The van der Waals surface area contributed by atoms with Crippen LogP contribution < -0.4 is 0 Å². The number of alkyl halides is 3. The zero-order valence-corrected chi connectivity index (χ0v) is 63.6. The smallest absolute Gasteiger partial charge is 0.426 e. The summed E-state index contributed by atoms with van der Waals surface area (Å²) in [7, 11) is -5.21. The van der Waals surface area contributed by atoms with E-state index in [1.54, 1.807) is 32.0 Å². The highest BCUT2D eigenvalue weighted by Crippen LogP contribution is 2.64. The number of phenols is 2. The van der Waals surface area contributed by atoms with Gasteiger partial charge in [0.15, 0.2) is 14.3 Å². The molecule has 0 saturated heterocycles. The Bertz CT molecular complexity index is 3630. The van der Waals surface area contributed by atoms with E-state index in [4.69, 9.17) is 24.4 Å². The molecule has 0 spiro atoms. The van der Waals surface area contributed by atoms with Crippen LogP contribution in [0.5, 0.6) is 11.5 Å². The molecule has 6 fully saturated rings. The molecule has 5 atom stereocenters. The fraction of sp³-hybridized carbons (Fsp3) is 0.585. The van der Waals surface area contributed by atoms with Crippen molar-refractivity contribution < 1.29 is 74.5 Å². The first-order chi connectivity index (χ1) is 46.7. The van der Waals surface area contributed by atoms with Crippen LogP contribution in [0.2, 0.25) is 0 Å². The molecule has 0 radical (unpaired) electrons. The Morgan fingerprint density at radius 2 is 0.980 bits per heavy atom. The Labute approximate surface area is 596 Å². The van der Waals surface area contributed by atoms with E-state index >= 15 is 0 Å². The third-order valence-corrected chi connectivity index (χ3v) is 24.7. The van der Waals surface area contributed by atoms with Gasteiger partial charge in [-0.1, -0.05) is 115 Å². The number of ether oxygens (including phenoxy) is 4. The molecule has 1 heterocycles. The predicted octanol–water partition coefficient (Wildman–Crippen LogP) is 21.5. The number of carbonyl (C=O) groups excluding carboxylic acids is 4. The average Bonchev–Trinajstić information content (AvgIpc) is 0.961. The lowest BCUT2D eigenvalue weighted by molar-refractivity contribution is -0.239. The minimum Gasteiger partial charge on any atom is -0.748 e. The van der Waals surface area contributed by atoms with Crippen molar-refractivity contribution in [1.29, 1.82) is 0 Å². The minimum absolute atomic E-state index is 0.00100. The number of benzene rings is 5. The molecule has 6 saturated carbocycles. The van der Waals surface area contributed by atoms with Gasteiger partial charge in [0, 0.05) is 27.7 Å². The van der Waals surface area contributed by atoms with Crippen LogP contribution >= 0.6 is 10.5 Å². The van der Waals surface area contributed by atoms with Crippen molar-refractivity contribution in [3.05, 3.63) is 139 Å². The van der Waals surface area contributed by atoms with E-state index in [1.807, 2.05) is 78.8 Å². The lowest BCUT2D eigenvalue weighted by atomic mass is 9.48. The molecule has 13 nitrogen and oxygen atoms in total. The van der Waals surface area contributed by atoms with Crippen molar-refractivity contribution in [3.8, 4) is 16.4 Å². The van der Waals surface area contributed by atoms with Crippen molar-refractivity contribution in [3.63, 3.8) is 0 Å². The quantitative estimate of drug-likeness (QED) is 0.0356. The highest BCUT2D eigenvalue weighted by atomic mass is 32.2. The highest BCUT2D eigenvalue weighted by molar-refractivity contribution is 7.85. The van der Waals surface area contributed by atoms with Crippen LogP contribution in [-0.2, 0) is 48.2 Å². The summed E-state index contributed by atoms with van der Waals surface area (Å²) < 4.78 is 97.2. The Kier molecular flexibility index (Phi) is 28.6. The molecule has 5 unspecified atom stereocenters. The number of hydrogen-bond donors (Lipinski definition) is 2. The molecule has 4 bridgehead atoms. The first kappa shape index (κ1) is 82.5. The summed E-state index contributed by atoms with van der Waals surface area (Å²) in [4.78, 5) is 50.8. The van der Waals surface area contributed by atoms with Crippen LogP contribution in [0.25, 0.3) is 25.1 Å². The number of phenolic OH excluding ortho intramolecular Hbond substituents is 2. The van der Waals surface area contributed by atoms with Crippen molar-refractivity contribution >= 4 is 64.6 Å². The molecule has 2 N–H and O–H groups in total. The highest BCUT2D eigenvalue weighted by Gasteiger charge is 2.64. The van der Waals surface area contributed by atoms with Crippen molar-refractivity contribution in [2.24, 2.45) is 33.5 Å². The fourth-order valence-electron chi connectivity index (χ4n) is 13.9. The molecule has 0 amide bonds. The van der Waals surface area contributed by atoms with Crippen molar-refractivity contribution in [1.82, 2.24) is 0 Å². The molecule has 0 aliphatic heterocycles. The number of rotatable bonds is 18. The van der Waals surface area contributed by atoms with Gasteiger partial charge in [-0.05, 0) is 266 Å². The van der Waals surface area contributed by atoms with E-state index in [0.717, 1.165) is 57.8 Å². The number of fused-ring (bicyclic) bond motifs is 3. The summed E-state index contributed by atoms with van der Waals surface area (Å²) in [6.45, 7) is 30.0. The maximum absolute atomic E-state index is 13.3. The topological polar surface area (TPSA) is 203 Å². The fourth-order valence-corrected chi connectivity index (χ4v) is 16.9. The third-order valence-electron chi connectivity index (χ3n) is 21.6. The zero-order valence-electron chi connectivity index (χ0n) is 62.0. The van der Waals surface area contributed by atoms with Crippen molar-refractivity contribution in [2.45, 2.75) is 267 Å². The second kappa shape index (κ2) is 34.6. The standard InChI is InChI=1S/C20H29F3O7S.C18H13S.2C12H22O2.2C10H14O/c1-4-17(2,3)15(24)30-19-8-12-5-13(9-19)7-18(6-12,11-19)16(25)29-14(20(21,22)23)10-31(26,27)28;1-2-8-14(9-3-1)19-17-12-6-4-10-15(17)16-11-5-7-13-18(16)19;2*1-5-11(2,3)10(13)14-12(4)8-6-7-9-12;1-3-8(2)9-4-6-10(11)7-5-9;1-3-8(2)9-5-4-6-10(11)7-9/h12-14H,4-11H2,1-3H3,(H,26,27,28);1-13H;2*5-9H2,1-4H3;2*4-8,11H,3H2,1-2H3/q;+1;;;;/p-1. The van der Waals surface area contributed by atoms with Gasteiger partial charge in [0.25, 0.3) is 0 Å². The Balaban J connectivity index is 0.000000198. The first-order valence-electron chi connectivity index (χ1n) is 36.2. The van der Waals surface area contributed by atoms with Gasteiger partial charge in [0.1, 0.15) is 28.3 Å². The summed E-state index contributed by atoms with van der Waals surface area (Å²) in [6, 6.07) is 43.3. The van der Waals surface area contributed by atoms with E-state index in [-0.39, 0.29) is 62.7 Å². The van der Waals surface area contributed by atoms with Gasteiger partial charge < -0.3 is 33.7 Å². The van der Waals surface area contributed by atoms with Crippen LogP contribution in [0.4, 0.5) is 13.2 Å². The van der Waals surface area contributed by atoms with Gasteiger partial charge in [-0.3, -0.25) is 19.2 Å². The maximum atomic E-state index is 13.3. The Morgan fingerprint density at radius 3 is 1.39 bits per heavy atom. The lowest BCUT2D eigenvalue weighted by Crippen LogP contribution is -2.61. The van der Waals surface area contributed by atoms with Crippen LogP contribution in [0.1, 0.15) is 249 Å². The van der Waals surface area contributed by atoms with Crippen LogP contribution in [-0.4, -0.2) is 81.9 Å². The SMILES string of the molecule is CCC(C)(C)C(=O)OC1(C)CCCC1.CCC(C)(C)C(=O)OC1(C)CCCC1.CCC(C)(C)C(=O)OC12CC3CC(C1)CC(C(=O)OC(CS(=O)(=O)[O-])C(F)(F)F)(C3)C2.CCC(C)c1ccc(O)cc1.CCC(C)c1cccc(O)c1.c1ccc(-[s+]2c3ccccc3c3ccccc32)cc1. The van der Waals surface area contributed by atoms with Crippen LogP contribution in [0.3, 0.4) is 0 Å². The molecule has 552 valence electrons. The molecule has 6 aliphatic carbocycles. The van der Waals surface area contributed by atoms with E-state index in [2.05, 4.69) is 125 Å². The van der Waals surface area contributed by atoms with E-state index in [9.17, 15) is 45.3 Å². The van der Waals surface area contributed by atoms with E-state index in [0.29, 0.717) is 55.4 Å². The molecule has 6 aliphatic rings. The third kappa shape index (κ3) is 22.5. The van der Waals surface area contributed by atoms with Crippen LogP contribution in [0, 0.1) is 33.5 Å². The van der Waals surface area contributed by atoms with Gasteiger partial charge in [0.2, 0.25) is 6.10 Å². The normalized spacial score (nSPS) is 21.3. The summed E-state index contributed by atoms with van der Waals surface area (Å²) in [5.41, 5.74) is -1.45. The second-order valence-corrected chi connectivity index (χ2v) is 34.6. The number of thiophene rings is 1. The molecular formula is C82H113F3O13S2. The van der Waals surface area contributed by atoms with Gasteiger partial charge in [0.05, 0.1) is 37.5 Å². The van der Waals surface area contributed by atoms with E-state index < -0.39 is 56.5 Å². The molecule has 100 heavy (non-hydrogen) atoms. The number of carbonyl (C=O) groups is 4. The van der Waals surface area contributed by atoms with Gasteiger partial charge >= 0.3 is 30.1 Å². The van der Waals surface area contributed by atoms with Crippen molar-refractivity contribution in [2.75, 3.05) is 5.75 Å². The average molecular weight is 1430 g/mol. The predicted molar refractivity (Wildman–Crippen MR) is 393 cm³/mol. The Hall–Kier alpha value is -6.50. The summed E-state index contributed by atoms with van der Waals surface area (Å²) in [5, 5.41) is 21.0. The molecular weight excluding hydrogens is 1310 g/mol. The number of halogens is 3.